The number of hydrogen-bond donors (Lipinski definition) is 2. The summed E-state index contributed by atoms with van der Waals surface area (Å²) in [6, 6.07) is 7.25. The number of hydrogen-bond acceptors (Lipinski definition) is 4. The first-order valence-corrected chi connectivity index (χ1v) is 9.74. The molecule has 3 aliphatic heterocycles. The van der Waals surface area contributed by atoms with Crippen LogP contribution in [0.4, 0.5) is 4.79 Å². The molecule has 3 aliphatic rings. The summed E-state index contributed by atoms with van der Waals surface area (Å²) in [5, 5.41) is 5.64. The van der Waals surface area contributed by atoms with Gasteiger partial charge in [-0.1, -0.05) is 18.2 Å². The third-order valence-electron chi connectivity index (χ3n) is 5.93. The van der Waals surface area contributed by atoms with Crippen molar-refractivity contribution in [3.8, 4) is 0 Å². The van der Waals surface area contributed by atoms with Gasteiger partial charge in [-0.3, -0.25) is 19.3 Å². The topological polar surface area (TPSA) is 98.8 Å². The van der Waals surface area contributed by atoms with Crippen molar-refractivity contribution in [2.75, 3.05) is 26.2 Å². The molecule has 0 aromatic heterocycles. The van der Waals surface area contributed by atoms with E-state index in [4.69, 9.17) is 0 Å². The number of benzene rings is 1. The van der Waals surface area contributed by atoms with Crippen LogP contribution >= 0.6 is 0 Å². The van der Waals surface area contributed by atoms with Gasteiger partial charge in [0.25, 0.3) is 5.91 Å². The molecule has 1 aromatic rings. The molecule has 2 fully saturated rings. The lowest BCUT2D eigenvalue weighted by atomic mass is 9.91. The average Bonchev–Trinajstić information content (AvgIpc) is 3.20. The first kappa shape index (κ1) is 18.5. The Morgan fingerprint density at radius 3 is 2.75 bits per heavy atom. The van der Waals surface area contributed by atoms with Crippen LogP contribution < -0.4 is 10.6 Å². The van der Waals surface area contributed by atoms with E-state index >= 15 is 0 Å². The number of likely N-dealkylation sites (tertiary alicyclic amines) is 1. The first-order valence-electron chi connectivity index (χ1n) is 9.74. The fourth-order valence-electron chi connectivity index (χ4n) is 4.32. The van der Waals surface area contributed by atoms with E-state index in [0.29, 0.717) is 19.5 Å². The quantitative estimate of drug-likeness (QED) is 0.745. The summed E-state index contributed by atoms with van der Waals surface area (Å²) in [5.74, 6) is -0.320. The number of aryl methyl sites for hydroxylation is 1. The predicted molar refractivity (Wildman–Crippen MR) is 101 cm³/mol. The Hall–Kier alpha value is -2.90. The summed E-state index contributed by atoms with van der Waals surface area (Å²) < 4.78 is 0. The molecule has 8 nitrogen and oxygen atoms in total. The van der Waals surface area contributed by atoms with Crippen molar-refractivity contribution in [2.45, 2.75) is 37.6 Å². The van der Waals surface area contributed by atoms with E-state index in [1.165, 1.54) is 0 Å². The highest BCUT2D eigenvalue weighted by Gasteiger charge is 2.42. The molecule has 0 radical (unpaired) electrons. The smallest absolute Gasteiger partial charge is 0.324 e. The number of fused-ring (bicyclic) bond motifs is 1. The van der Waals surface area contributed by atoms with Crippen LogP contribution in [0.15, 0.2) is 24.3 Å². The fourth-order valence-corrected chi connectivity index (χ4v) is 4.32. The Morgan fingerprint density at radius 1 is 1.14 bits per heavy atom. The maximum Gasteiger partial charge on any atom is 0.324 e. The molecule has 1 aromatic carbocycles. The predicted octanol–water partition coefficient (Wildman–Crippen LogP) is 0.666. The van der Waals surface area contributed by atoms with Gasteiger partial charge in [-0.2, -0.15) is 0 Å². The molecule has 8 heteroatoms. The summed E-state index contributed by atoms with van der Waals surface area (Å²) in [7, 11) is 0. The molecular formula is C20H24N4O4. The molecule has 0 aliphatic carbocycles. The SMILES string of the molecule is O=C1N[C@@]2(CCc3ccccc31)CCN(C(=O)CCCN1C(=O)CNC1=O)C2. The Morgan fingerprint density at radius 2 is 1.96 bits per heavy atom. The van der Waals surface area contributed by atoms with Gasteiger partial charge in [0.1, 0.15) is 0 Å². The number of carbonyl (C=O) groups is 4. The molecule has 1 spiro atoms. The second kappa shape index (κ2) is 7.26. The van der Waals surface area contributed by atoms with E-state index in [2.05, 4.69) is 10.6 Å². The number of rotatable bonds is 4. The minimum Gasteiger partial charge on any atom is -0.345 e. The van der Waals surface area contributed by atoms with Gasteiger partial charge in [0.2, 0.25) is 11.8 Å². The van der Waals surface area contributed by atoms with E-state index in [-0.39, 0.29) is 42.8 Å². The van der Waals surface area contributed by atoms with Crippen molar-refractivity contribution in [3.63, 3.8) is 0 Å². The molecular weight excluding hydrogens is 360 g/mol. The Kier molecular flexibility index (Phi) is 4.78. The van der Waals surface area contributed by atoms with E-state index in [1.54, 1.807) is 4.90 Å². The second-order valence-corrected chi connectivity index (χ2v) is 7.76. The third kappa shape index (κ3) is 3.46. The first-order chi connectivity index (χ1) is 13.5. The monoisotopic (exact) mass is 384 g/mol. The lowest BCUT2D eigenvalue weighted by molar-refractivity contribution is -0.131. The Labute approximate surface area is 163 Å². The largest absolute Gasteiger partial charge is 0.345 e. The van der Waals surface area contributed by atoms with E-state index in [9.17, 15) is 19.2 Å². The van der Waals surface area contributed by atoms with Crippen LogP contribution in [-0.2, 0) is 16.0 Å². The number of nitrogens with zero attached hydrogens (tertiary/aromatic N) is 2. The van der Waals surface area contributed by atoms with E-state index in [0.717, 1.165) is 35.3 Å². The van der Waals surface area contributed by atoms with E-state index < -0.39 is 6.03 Å². The summed E-state index contributed by atoms with van der Waals surface area (Å²) in [6.07, 6.45) is 3.08. The minimum absolute atomic E-state index is 0.0000563. The van der Waals surface area contributed by atoms with Crippen molar-refractivity contribution in [1.82, 2.24) is 20.4 Å². The van der Waals surface area contributed by atoms with Crippen LogP contribution in [-0.4, -0.2) is 65.3 Å². The zero-order valence-electron chi connectivity index (χ0n) is 15.7. The maximum atomic E-state index is 12.6. The highest BCUT2D eigenvalue weighted by Crippen LogP contribution is 2.31. The van der Waals surface area contributed by atoms with Crippen LogP contribution in [0.3, 0.4) is 0 Å². The second-order valence-electron chi connectivity index (χ2n) is 7.76. The van der Waals surface area contributed by atoms with E-state index in [1.807, 2.05) is 24.3 Å². The number of nitrogens with one attached hydrogen (secondary N) is 2. The molecule has 2 saturated heterocycles. The van der Waals surface area contributed by atoms with Crippen LogP contribution in [0, 0.1) is 0 Å². The Bertz CT molecular complexity index is 823. The van der Waals surface area contributed by atoms with Gasteiger partial charge < -0.3 is 15.5 Å². The van der Waals surface area contributed by atoms with Gasteiger partial charge in [-0.05, 0) is 37.3 Å². The number of amides is 5. The molecule has 5 amide bonds. The molecule has 0 bridgehead atoms. The summed E-state index contributed by atoms with van der Waals surface area (Å²) >= 11 is 0. The van der Waals surface area contributed by atoms with Crippen molar-refractivity contribution in [1.29, 1.82) is 0 Å². The fraction of sp³-hybridized carbons (Fsp3) is 0.500. The lowest BCUT2D eigenvalue weighted by Crippen LogP contribution is -2.50. The number of urea groups is 1. The van der Waals surface area contributed by atoms with Gasteiger partial charge in [0.05, 0.1) is 12.1 Å². The number of carbonyl (C=O) groups excluding carboxylic acids is 4. The molecule has 1 atom stereocenters. The number of imide groups is 1. The van der Waals surface area contributed by atoms with Gasteiger partial charge in [0, 0.05) is 31.6 Å². The summed E-state index contributed by atoms with van der Waals surface area (Å²) in [4.78, 5) is 51.3. The highest BCUT2D eigenvalue weighted by atomic mass is 16.2. The van der Waals surface area contributed by atoms with Crippen LogP contribution in [0.5, 0.6) is 0 Å². The van der Waals surface area contributed by atoms with Gasteiger partial charge in [0.15, 0.2) is 0 Å². The van der Waals surface area contributed by atoms with Gasteiger partial charge in [-0.25, -0.2) is 4.79 Å². The van der Waals surface area contributed by atoms with Crippen molar-refractivity contribution in [2.24, 2.45) is 0 Å². The lowest BCUT2D eigenvalue weighted by Gasteiger charge is -2.29. The zero-order valence-corrected chi connectivity index (χ0v) is 15.7. The molecule has 28 heavy (non-hydrogen) atoms. The van der Waals surface area contributed by atoms with Crippen molar-refractivity contribution < 1.29 is 19.2 Å². The third-order valence-corrected chi connectivity index (χ3v) is 5.93. The maximum absolute atomic E-state index is 12.6. The Balaban J connectivity index is 1.32. The molecule has 0 unspecified atom stereocenters. The van der Waals surface area contributed by atoms with Crippen molar-refractivity contribution >= 4 is 23.8 Å². The van der Waals surface area contributed by atoms with Crippen LogP contribution in [0.1, 0.15) is 41.6 Å². The molecule has 4 rings (SSSR count). The molecule has 3 heterocycles. The minimum atomic E-state index is -0.390. The van der Waals surface area contributed by atoms with Gasteiger partial charge in [-0.15, -0.1) is 0 Å². The molecule has 2 N–H and O–H groups in total. The summed E-state index contributed by atoms with van der Waals surface area (Å²) in [5.41, 5.74) is 1.39. The average molecular weight is 384 g/mol. The summed E-state index contributed by atoms with van der Waals surface area (Å²) in [6.45, 7) is 1.40. The van der Waals surface area contributed by atoms with Gasteiger partial charge >= 0.3 is 6.03 Å². The zero-order chi connectivity index (χ0) is 19.7. The normalized spacial score (nSPS) is 24.2. The van der Waals surface area contributed by atoms with Crippen molar-refractivity contribution in [3.05, 3.63) is 35.4 Å². The molecule has 0 saturated carbocycles. The van der Waals surface area contributed by atoms with Crippen LogP contribution in [0.25, 0.3) is 0 Å². The highest BCUT2D eigenvalue weighted by molar-refractivity contribution is 6.02. The molecule has 148 valence electrons. The van der Waals surface area contributed by atoms with Crippen LogP contribution in [0.2, 0.25) is 0 Å². The standard InChI is InChI=1S/C20H24N4O4/c25-16(6-3-10-24-17(26)12-21-19(24)28)23-11-9-20(13-23)8-7-14-4-1-2-5-15(14)18(27)22-20/h1-2,4-5H,3,6-13H2,(H,21,28)(H,22,27)/t20-/m0/s1.